The predicted molar refractivity (Wildman–Crippen MR) is 112 cm³/mol. The molecule has 158 valence electrons. The predicted octanol–water partition coefficient (Wildman–Crippen LogP) is 1.20. The highest BCUT2D eigenvalue weighted by molar-refractivity contribution is 6.31. The molecular weight excluding hydrogens is 410 g/mol. The van der Waals surface area contributed by atoms with E-state index in [0.717, 1.165) is 16.9 Å². The van der Waals surface area contributed by atoms with Crippen LogP contribution >= 0.6 is 11.6 Å². The summed E-state index contributed by atoms with van der Waals surface area (Å²) in [5, 5.41) is 2.69. The second kappa shape index (κ2) is 8.54. The van der Waals surface area contributed by atoms with Crippen LogP contribution in [0.4, 0.5) is 11.6 Å². The van der Waals surface area contributed by atoms with Gasteiger partial charge in [-0.2, -0.15) is 0 Å². The summed E-state index contributed by atoms with van der Waals surface area (Å²) in [7, 11) is 1.88. The summed E-state index contributed by atoms with van der Waals surface area (Å²) in [5.74, 6) is -0.235. The Morgan fingerprint density at radius 3 is 2.63 bits per heavy atom. The van der Waals surface area contributed by atoms with Crippen LogP contribution in [0.15, 0.2) is 18.2 Å². The number of amides is 1. The van der Waals surface area contributed by atoms with Crippen LogP contribution in [0, 0.1) is 0 Å². The molecule has 0 saturated heterocycles. The van der Waals surface area contributed by atoms with E-state index >= 15 is 0 Å². The minimum absolute atomic E-state index is 0.0411. The van der Waals surface area contributed by atoms with Crippen molar-refractivity contribution in [2.24, 2.45) is 7.05 Å². The van der Waals surface area contributed by atoms with Gasteiger partial charge in [0.05, 0.1) is 25.8 Å². The number of hydrogen-bond acceptors (Lipinski definition) is 7. The molecule has 0 radical (unpaired) electrons. The van der Waals surface area contributed by atoms with Crippen molar-refractivity contribution in [3.05, 3.63) is 40.4 Å². The molecule has 2 aromatic heterocycles. The molecule has 10 nitrogen and oxygen atoms in total. The molecule has 0 unspecified atom stereocenters. The number of benzene rings is 1. The lowest BCUT2D eigenvalue weighted by molar-refractivity contribution is -0.654. The van der Waals surface area contributed by atoms with Crippen LogP contribution in [0.3, 0.4) is 0 Å². The number of halogens is 1. The summed E-state index contributed by atoms with van der Waals surface area (Å²) >= 11 is 5.86. The van der Waals surface area contributed by atoms with Crippen LogP contribution in [-0.2, 0) is 24.9 Å². The molecule has 5 N–H and O–H groups in total. The van der Waals surface area contributed by atoms with Gasteiger partial charge in [-0.1, -0.05) is 11.6 Å². The minimum atomic E-state index is -0.526. The number of carbonyl (C=O) groups is 2. The molecule has 0 atom stereocenters. The van der Waals surface area contributed by atoms with Crippen LogP contribution in [0.2, 0.25) is 5.15 Å². The van der Waals surface area contributed by atoms with E-state index in [9.17, 15) is 9.59 Å². The van der Waals surface area contributed by atoms with Gasteiger partial charge in [0, 0.05) is 6.07 Å². The lowest BCUT2D eigenvalue weighted by atomic mass is 10.2. The summed E-state index contributed by atoms with van der Waals surface area (Å²) in [6.07, 6.45) is 0. The van der Waals surface area contributed by atoms with Crippen molar-refractivity contribution in [3.8, 4) is 0 Å². The second-order valence-electron chi connectivity index (χ2n) is 6.46. The van der Waals surface area contributed by atoms with E-state index in [1.54, 1.807) is 19.1 Å². The van der Waals surface area contributed by atoms with Crippen molar-refractivity contribution in [2.45, 2.75) is 26.9 Å². The zero-order valence-electron chi connectivity index (χ0n) is 16.9. The lowest BCUT2D eigenvalue weighted by Crippen LogP contribution is -2.38. The maximum Gasteiger partial charge on any atom is 0.338 e. The van der Waals surface area contributed by atoms with E-state index in [0.29, 0.717) is 18.7 Å². The van der Waals surface area contributed by atoms with Crippen LogP contribution < -0.4 is 21.4 Å². The summed E-state index contributed by atoms with van der Waals surface area (Å²) in [4.78, 5) is 32.4. The van der Waals surface area contributed by atoms with Gasteiger partial charge in [-0.05, 0) is 26.0 Å². The van der Waals surface area contributed by atoms with Crippen molar-refractivity contribution >= 4 is 46.1 Å². The van der Waals surface area contributed by atoms with Crippen LogP contribution in [-0.4, -0.2) is 33.0 Å². The van der Waals surface area contributed by atoms with Crippen molar-refractivity contribution in [1.82, 2.24) is 19.9 Å². The Bertz CT molecular complexity index is 1140. The molecule has 30 heavy (non-hydrogen) atoms. The van der Waals surface area contributed by atoms with Crippen molar-refractivity contribution in [1.29, 1.82) is 0 Å². The number of hydrogen-bond donors (Lipinski definition) is 3. The summed E-state index contributed by atoms with van der Waals surface area (Å²) < 4.78 is 9.03. The number of nitrogens with zero attached hydrogens (tertiary/aromatic N) is 4. The van der Waals surface area contributed by atoms with Gasteiger partial charge >= 0.3 is 5.97 Å². The number of imidazole rings is 1. The Morgan fingerprint density at radius 2 is 1.97 bits per heavy atom. The van der Waals surface area contributed by atoms with Gasteiger partial charge in [0.2, 0.25) is 0 Å². The van der Waals surface area contributed by atoms with E-state index < -0.39 is 5.91 Å². The van der Waals surface area contributed by atoms with Gasteiger partial charge in [-0.15, -0.1) is 0 Å². The molecule has 1 aromatic carbocycles. The van der Waals surface area contributed by atoms with E-state index in [4.69, 9.17) is 27.8 Å². The number of ether oxygens (including phenoxy) is 1. The quantitative estimate of drug-likeness (QED) is 0.392. The van der Waals surface area contributed by atoms with Gasteiger partial charge in [0.1, 0.15) is 6.54 Å². The first-order chi connectivity index (χ1) is 14.3. The number of aromatic nitrogens is 4. The maximum absolute atomic E-state index is 12.6. The number of aryl methyl sites for hydroxylation is 2. The number of nitrogens with two attached hydrogens (primary N) is 2. The van der Waals surface area contributed by atoms with E-state index in [2.05, 4.69) is 15.3 Å². The Labute approximate surface area is 177 Å². The zero-order valence-corrected chi connectivity index (χ0v) is 17.7. The van der Waals surface area contributed by atoms with E-state index in [-0.39, 0.29) is 35.0 Å². The smallest absolute Gasteiger partial charge is 0.338 e. The molecule has 0 fully saturated rings. The number of fused-ring (bicyclic) bond motifs is 1. The highest BCUT2D eigenvalue weighted by atomic mass is 35.5. The molecule has 0 saturated carbocycles. The monoisotopic (exact) mass is 432 g/mol. The third-order valence-corrected chi connectivity index (χ3v) is 4.96. The second-order valence-corrected chi connectivity index (χ2v) is 6.82. The number of esters is 1. The molecule has 0 spiro atoms. The van der Waals surface area contributed by atoms with Gasteiger partial charge in [-0.25, -0.2) is 23.9 Å². The largest absolute Gasteiger partial charge is 0.462 e. The topological polar surface area (TPSA) is 142 Å². The zero-order chi connectivity index (χ0) is 22.0. The SMILES string of the molecule is CCOC(=O)c1ccc2c(c1)n(CC)c(CNC(=O)c1nc(Cl)c(N)nc1N)[n+]2C. The molecule has 11 heteroatoms. The fraction of sp³-hybridized carbons (Fsp3) is 0.316. The summed E-state index contributed by atoms with van der Waals surface area (Å²) in [6, 6.07) is 5.35. The Balaban J connectivity index is 1.92. The number of nitrogens with one attached hydrogen (secondary N) is 1. The summed E-state index contributed by atoms with van der Waals surface area (Å²) in [5.41, 5.74) is 13.4. The molecular formula is C19H23ClN7O3+. The Hall–Kier alpha value is -3.40. The van der Waals surface area contributed by atoms with Crippen molar-refractivity contribution in [2.75, 3.05) is 18.1 Å². The molecule has 1 amide bonds. The standard InChI is InChI=1S/C19H22ClN7O3/c1-4-27-12-8-10(19(29)30-5-2)6-7-11(12)26(3)13(27)9-23-18(28)14-16(21)25-17(22)15(20)24-14/h6-8H,4-5,9H2,1-3H3,(H4-,21,22,23,25,28)/p+1. The third-order valence-electron chi connectivity index (χ3n) is 4.68. The number of carbonyl (C=O) groups excluding carboxylic acids is 2. The first kappa shape index (κ1) is 21.3. The van der Waals surface area contributed by atoms with Gasteiger partial charge in [-0.3, -0.25) is 4.79 Å². The van der Waals surface area contributed by atoms with Crippen molar-refractivity contribution in [3.63, 3.8) is 0 Å². The molecule has 0 aliphatic carbocycles. The average molecular weight is 433 g/mol. The molecule has 0 aliphatic heterocycles. The highest BCUT2D eigenvalue weighted by Crippen LogP contribution is 2.19. The Kier molecular flexibility index (Phi) is 6.06. The number of nitrogen functional groups attached to an aromatic ring is 2. The molecule has 3 aromatic rings. The van der Waals surface area contributed by atoms with Crippen LogP contribution in [0.25, 0.3) is 11.0 Å². The molecule has 0 bridgehead atoms. The fourth-order valence-corrected chi connectivity index (χ4v) is 3.37. The fourth-order valence-electron chi connectivity index (χ4n) is 3.24. The van der Waals surface area contributed by atoms with E-state index in [1.165, 1.54) is 0 Å². The third kappa shape index (κ3) is 3.86. The molecule has 0 aliphatic rings. The van der Waals surface area contributed by atoms with Crippen LogP contribution in [0.1, 0.15) is 40.5 Å². The van der Waals surface area contributed by atoms with Crippen molar-refractivity contribution < 1.29 is 18.9 Å². The van der Waals surface area contributed by atoms with Gasteiger partial charge < -0.3 is 21.5 Å². The minimum Gasteiger partial charge on any atom is -0.462 e. The van der Waals surface area contributed by atoms with Gasteiger partial charge in [0.25, 0.3) is 11.7 Å². The normalized spacial score (nSPS) is 10.9. The Morgan fingerprint density at radius 1 is 1.23 bits per heavy atom. The van der Waals surface area contributed by atoms with Crippen LogP contribution in [0.5, 0.6) is 0 Å². The number of rotatable bonds is 6. The maximum atomic E-state index is 12.6. The lowest BCUT2D eigenvalue weighted by Gasteiger charge is -2.07. The number of anilines is 2. The average Bonchev–Trinajstić information content (AvgIpc) is 2.99. The van der Waals surface area contributed by atoms with Gasteiger partial charge in [0.15, 0.2) is 33.5 Å². The molecule has 3 rings (SSSR count). The highest BCUT2D eigenvalue weighted by Gasteiger charge is 2.25. The summed E-state index contributed by atoms with van der Waals surface area (Å²) in [6.45, 7) is 4.86. The molecule has 2 heterocycles. The first-order valence-corrected chi connectivity index (χ1v) is 9.71. The van der Waals surface area contributed by atoms with E-state index in [1.807, 2.05) is 29.2 Å². The first-order valence-electron chi connectivity index (χ1n) is 9.33.